The summed E-state index contributed by atoms with van der Waals surface area (Å²) in [6.07, 6.45) is 4.80. The first-order valence-corrected chi connectivity index (χ1v) is 8.74. The molecule has 1 unspecified atom stereocenters. The summed E-state index contributed by atoms with van der Waals surface area (Å²) < 4.78 is 19.0. The Morgan fingerprint density at radius 1 is 1.27 bits per heavy atom. The van der Waals surface area contributed by atoms with E-state index in [1.54, 1.807) is 6.07 Å². The number of nitriles is 1. The van der Waals surface area contributed by atoms with Crippen LogP contribution in [0.25, 0.3) is 11.6 Å². The molecule has 0 radical (unpaired) electrons. The van der Waals surface area contributed by atoms with Gasteiger partial charge in [-0.1, -0.05) is 6.07 Å². The Bertz CT molecular complexity index is 985. The van der Waals surface area contributed by atoms with Gasteiger partial charge in [-0.15, -0.1) is 0 Å². The lowest BCUT2D eigenvalue weighted by atomic mass is 9.89. The predicted molar refractivity (Wildman–Crippen MR) is 95.0 cm³/mol. The molecule has 2 heterocycles. The number of aromatic nitrogens is 2. The summed E-state index contributed by atoms with van der Waals surface area (Å²) in [6, 6.07) is 11.2. The fourth-order valence-electron chi connectivity index (χ4n) is 3.59. The van der Waals surface area contributed by atoms with Crippen molar-refractivity contribution in [2.45, 2.75) is 38.5 Å². The van der Waals surface area contributed by atoms with Gasteiger partial charge in [0.25, 0.3) is 0 Å². The Morgan fingerprint density at radius 3 is 2.92 bits per heavy atom. The van der Waals surface area contributed by atoms with Crippen LogP contribution in [0.15, 0.2) is 40.9 Å². The summed E-state index contributed by atoms with van der Waals surface area (Å²) in [5.41, 5.74) is 4.45. The lowest BCUT2D eigenvalue weighted by Gasteiger charge is -2.15. The summed E-state index contributed by atoms with van der Waals surface area (Å²) in [5, 5.41) is 9.24. The zero-order chi connectivity index (χ0) is 18.1. The van der Waals surface area contributed by atoms with Crippen LogP contribution in [-0.2, 0) is 12.8 Å². The average Bonchev–Trinajstić information content (AvgIpc) is 2.93. The van der Waals surface area contributed by atoms with Crippen molar-refractivity contribution in [2.75, 3.05) is 0 Å². The third-order valence-corrected chi connectivity index (χ3v) is 4.82. The van der Waals surface area contributed by atoms with Gasteiger partial charge in [0.05, 0.1) is 23.5 Å². The van der Waals surface area contributed by atoms with Crippen LogP contribution in [0.2, 0.25) is 0 Å². The van der Waals surface area contributed by atoms with Crippen LogP contribution >= 0.6 is 0 Å². The van der Waals surface area contributed by atoms with Crippen LogP contribution in [0.1, 0.15) is 46.9 Å². The highest BCUT2D eigenvalue weighted by atomic mass is 19.1. The Kier molecular flexibility index (Phi) is 4.26. The van der Waals surface area contributed by atoms with Gasteiger partial charge in [0.2, 0.25) is 5.89 Å². The van der Waals surface area contributed by atoms with Crippen molar-refractivity contribution in [1.82, 2.24) is 9.97 Å². The second-order valence-corrected chi connectivity index (χ2v) is 6.79. The Hall–Kier alpha value is -3.00. The number of hydrogen-bond acceptors (Lipinski definition) is 4. The van der Waals surface area contributed by atoms with Gasteiger partial charge >= 0.3 is 0 Å². The summed E-state index contributed by atoms with van der Waals surface area (Å²) in [7, 11) is 0. The standard InChI is InChI=1S/C21H18FN3O/c1-13-7-14(11-23)9-16(8-13)15-3-2-4-20-19(10-15)25-21(26-20)18-6-5-17(22)12-24-18/h5-9,12,15H,2-4,10H2,1H3. The molecule has 1 aromatic carbocycles. The van der Waals surface area contributed by atoms with Crippen molar-refractivity contribution >= 4 is 0 Å². The lowest BCUT2D eigenvalue weighted by Crippen LogP contribution is -2.03. The molecule has 0 N–H and O–H groups in total. The van der Waals surface area contributed by atoms with Gasteiger partial charge in [0.1, 0.15) is 17.3 Å². The molecule has 26 heavy (non-hydrogen) atoms. The zero-order valence-corrected chi connectivity index (χ0v) is 14.5. The van der Waals surface area contributed by atoms with Crippen molar-refractivity contribution in [1.29, 1.82) is 5.26 Å². The molecule has 4 nitrogen and oxygen atoms in total. The number of aryl methyl sites for hydroxylation is 2. The molecule has 0 saturated carbocycles. The number of halogens is 1. The Labute approximate surface area is 151 Å². The van der Waals surface area contributed by atoms with Gasteiger partial charge in [-0.25, -0.2) is 14.4 Å². The summed E-state index contributed by atoms with van der Waals surface area (Å²) >= 11 is 0. The highest BCUT2D eigenvalue weighted by Gasteiger charge is 2.24. The van der Waals surface area contributed by atoms with Gasteiger partial charge in [-0.2, -0.15) is 5.26 Å². The van der Waals surface area contributed by atoms with E-state index in [0.717, 1.165) is 42.7 Å². The molecule has 0 amide bonds. The fourth-order valence-corrected chi connectivity index (χ4v) is 3.59. The maximum absolute atomic E-state index is 13.1. The topological polar surface area (TPSA) is 62.7 Å². The van der Waals surface area contributed by atoms with Gasteiger partial charge in [-0.3, -0.25) is 0 Å². The molecule has 0 fully saturated rings. The molecule has 5 heteroatoms. The molecule has 1 aliphatic carbocycles. The second-order valence-electron chi connectivity index (χ2n) is 6.79. The summed E-state index contributed by atoms with van der Waals surface area (Å²) in [6.45, 7) is 2.01. The molecular formula is C21H18FN3O. The smallest absolute Gasteiger partial charge is 0.245 e. The van der Waals surface area contributed by atoms with E-state index < -0.39 is 0 Å². The van der Waals surface area contributed by atoms with E-state index in [4.69, 9.17) is 4.42 Å². The molecule has 1 atom stereocenters. The maximum atomic E-state index is 13.1. The fraction of sp³-hybridized carbons (Fsp3) is 0.286. The number of rotatable bonds is 2. The largest absolute Gasteiger partial charge is 0.440 e. The molecule has 130 valence electrons. The monoisotopic (exact) mass is 347 g/mol. The predicted octanol–water partition coefficient (Wildman–Crippen LogP) is 4.72. The molecule has 0 spiro atoms. The zero-order valence-electron chi connectivity index (χ0n) is 14.5. The molecule has 3 aromatic rings. The first kappa shape index (κ1) is 16.5. The Balaban J connectivity index is 1.65. The summed E-state index contributed by atoms with van der Waals surface area (Å²) in [5.74, 6) is 1.26. The van der Waals surface area contributed by atoms with E-state index in [-0.39, 0.29) is 5.82 Å². The van der Waals surface area contributed by atoms with Crippen LogP contribution in [0.5, 0.6) is 0 Å². The summed E-state index contributed by atoms with van der Waals surface area (Å²) in [4.78, 5) is 8.69. The van der Waals surface area contributed by atoms with E-state index in [1.807, 2.05) is 19.1 Å². The van der Waals surface area contributed by atoms with Gasteiger partial charge in [-0.05, 0) is 61.1 Å². The number of pyridine rings is 1. The van der Waals surface area contributed by atoms with E-state index in [0.29, 0.717) is 23.1 Å². The number of hydrogen-bond donors (Lipinski definition) is 0. The van der Waals surface area contributed by atoms with Crippen LogP contribution in [0.3, 0.4) is 0 Å². The van der Waals surface area contributed by atoms with Crippen LogP contribution in [0, 0.1) is 24.1 Å². The van der Waals surface area contributed by atoms with E-state index in [1.165, 1.54) is 17.8 Å². The molecule has 2 aromatic heterocycles. The second kappa shape index (κ2) is 6.72. The number of nitrogens with zero attached hydrogens (tertiary/aromatic N) is 3. The van der Waals surface area contributed by atoms with Crippen molar-refractivity contribution in [3.63, 3.8) is 0 Å². The van der Waals surface area contributed by atoms with E-state index in [2.05, 4.69) is 22.1 Å². The first-order chi connectivity index (χ1) is 12.6. The number of oxazole rings is 1. The van der Waals surface area contributed by atoms with Crippen molar-refractivity contribution in [2.24, 2.45) is 0 Å². The molecular weight excluding hydrogens is 329 g/mol. The van der Waals surface area contributed by atoms with Crippen molar-refractivity contribution in [3.8, 4) is 17.7 Å². The third kappa shape index (κ3) is 3.23. The molecule has 4 rings (SSSR count). The van der Waals surface area contributed by atoms with Crippen molar-refractivity contribution < 1.29 is 8.81 Å². The molecule has 1 aliphatic rings. The SMILES string of the molecule is Cc1cc(C#N)cc(C2CCCc3oc(-c4ccc(F)cn4)nc3C2)c1. The van der Waals surface area contributed by atoms with Crippen LogP contribution in [0.4, 0.5) is 4.39 Å². The van der Waals surface area contributed by atoms with E-state index in [9.17, 15) is 9.65 Å². The minimum atomic E-state index is -0.380. The van der Waals surface area contributed by atoms with Crippen LogP contribution in [-0.4, -0.2) is 9.97 Å². The average molecular weight is 347 g/mol. The van der Waals surface area contributed by atoms with E-state index >= 15 is 0 Å². The number of fused-ring (bicyclic) bond motifs is 1. The molecule has 0 bridgehead atoms. The van der Waals surface area contributed by atoms with Gasteiger partial charge < -0.3 is 4.42 Å². The van der Waals surface area contributed by atoms with Crippen molar-refractivity contribution in [3.05, 3.63) is 70.5 Å². The Morgan fingerprint density at radius 2 is 2.15 bits per heavy atom. The number of benzene rings is 1. The normalized spacial score (nSPS) is 16.6. The minimum absolute atomic E-state index is 0.308. The quantitative estimate of drug-likeness (QED) is 0.629. The minimum Gasteiger partial charge on any atom is -0.440 e. The van der Waals surface area contributed by atoms with Gasteiger partial charge in [0.15, 0.2) is 0 Å². The maximum Gasteiger partial charge on any atom is 0.245 e. The highest BCUT2D eigenvalue weighted by Crippen LogP contribution is 2.34. The van der Waals surface area contributed by atoms with Crippen LogP contribution < -0.4 is 0 Å². The molecule has 0 aliphatic heterocycles. The lowest BCUT2D eigenvalue weighted by molar-refractivity contribution is 0.504. The third-order valence-electron chi connectivity index (χ3n) is 4.82. The molecule has 0 saturated heterocycles. The highest BCUT2D eigenvalue weighted by molar-refractivity contribution is 5.47. The first-order valence-electron chi connectivity index (χ1n) is 8.74. The van der Waals surface area contributed by atoms with Gasteiger partial charge in [0, 0.05) is 12.8 Å².